The molecule has 0 heterocycles. The summed E-state index contributed by atoms with van der Waals surface area (Å²) in [5, 5.41) is 10.5. The number of hydrogen-bond donors (Lipinski definition) is 1. The number of halogens is 4. The third-order valence-electron chi connectivity index (χ3n) is 2.06. The molecule has 0 bridgehead atoms. The molecule has 0 aliphatic carbocycles. The van der Waals surface area contributed by atoms with Gasteiger partial charge < -0.3 is 9.84 Å². The zero-order chi connectivity index (χ0) is 16.0. The van der Waals surface area contributed by atoms with Crippen LogP contribution in [-0.2, 0) is 4.79 Å². The summed E-state index contributed by atoms with van der Waals surface area (Å²) in [5.74, 6) is -0.0196. The number of phenols is 1. The van der Waals surface area contributed by atoms with Gasteiger partial charge in [0.1, 0.15) is 11.5 Å². The third kappa shape index (κ3) is 6.44. The molecule has 0 unspecified atom stereocenters. The van der Waals surface area contributed by atoms with Gasteiger partial charge in [-0.1, -0.05) is 46.4 Å². The van der Waals surface area contributed by atoms with Crippen molar-refractivity contribution >= 4 is 52.4 Å². The molecule has 0 atom stereocenters. The first-order valence-electron chi connectivity index (χ1n) is 5.57. The highest BCUT2D eigenvalue weighted by molar-refractivity contribution is 6.36. The Morgan fingerprint density at radius 3 is 1.90 bits per heavy atom. The number of phenolic OH excluding ortho intramolecular Hbond substituents is 1. The van der Waals surface area contributed by atoms with Crippen LogP contribution >= 0.6 is 46.4 Å². The van der Waals surface area contributed by atoms with E-state index in [1.807, 2.05) is 0 Å². The molecule has 0 saturated carbocycles. The number of ether oxygens (including phenoxy) is 1. The lowest BCUT2D eigenvalue weighted by molar-refractivity contribution is -0.131. The van der Waals surface area contributed by atoms with Gasteiger partial charge in [-0.2, -0.15) is 0 Å². The van der Waals surface area contributed by atoms with Crippen LogP contribution in [0.2, 0.25) is 20.1 Å². The summed E-state index contributed by atoms with van der Waals surface area (Å²) in [6.45, 7) is 1.31. The van der Waals surface area contributed by atoms with E-state index >= 15 is 0 Å². The third-order valence-corrected chi connectivity index (χ3v) is 3.13. The van der Waals surface area contributed by atoms with E-state index in [0.717, 1.165) is 0 Å². The fourth-order valence-corrected chi connectivity index (χ4v) is 2.05. The zero-order valence-electron chi connectivity index (χ0n) is 10.7. The average molecular weight is 368 g/mol. The Hall–Kier alpha value is -1.13. The molecule has 0 fully saturated rings. The second kappa shape index (κ2) is 8.35. The van der Waals surface area contributed by atoms with Gasteiger partial charge in [0.05, 0.1) is 10.0 Å². The Balaban J connectivity index is 0.000000219. The molecule has 0 spiro atoms. The van der Waals surface area contributed by atoms with Gasteiger partial charge in [0.15, 0.2) is 0 Å². The number of esters is 1. The molecule has 0 amide bonds. The molecule has 21 heavy (non-hydrogen) atoms. The fourth-order valence-electron chi connectivity index (χ4n) is 1.19. The summed E-state index contributed by atoms with van der Waals surface area (Å²) in [5.41, 5.74) is 0. The first kappa shape index (κ1) is 17.9. The van der Waals surface area contributed by atoms with Gasteiger partial charge in [-0.05, 0) is 36.4 Å². The number of rotatable bonds is 1. The average Bonchev–Trinajstić information content (AvgIpc) is 2.38. The van der Waals surface area contributed by atoms with Crippen molar-refractivity contribution in [3.05, 3.63) is 56.5 Å². The summed E-state index contributed by atoms with van der Waals surface area (Å²) < 4.78 is 4.77. The van der Waals surface area contributed by atoms with E-state index in [9.17, 15) is 4.79 Å². The Morgan fingerprint density at radius 1 is 0.952 bits per heavy atom. The van der Waals surface area contributed by atoms with Gasteiger partial charge in [-0.25, -0.2) is 0 Å². The highest BCUT2D eigenvalue weighted by Gasteiger charge is 2.03. The first-order valence-corrected chi connectivity index (χ1v) is 7.08. The lowest BCUT2D eigenvalue weighted by Crippen LogP contribution is -2.01. The highest BCUT2D eigenvalue weighted by atomic mass is 35.5. The summed E-state index contributed by atoms with van der Waals surface area (Å²) >= 11 is 22.3. The van der Waals surface area contributed by atoms with E-state index in [-0.39, 0.29) is 10.8 Å². The van der Waals surface area contributed by atoms with Crippen LogP contribution in [0.25, 0.3) is 0 Å². The zero-order valence-corrected chi connectivity index (χ0v) is 13.8. The van der Waals surface area contributed by atoms with Crippen LogP contribution in [0.4, 0.5) is 0 Å². The maximum absolute atomic E-state index is 10.5. The predicted molar refractivity (Wildman–Crippen MR) is 85.9 cm³/mol. The van der Waals surface area contributed by atoms with Crippen LogP contribution in [0, 0.1) is 0 Å². The minimum Gasteiger partial charge on any atom is -0.506 e. The van der Waals surface area contributed by atoms with Gasteiger partial charge in [-0.3, -0.25) is 4.79 Å². The van der Waals surface area contributed by atoms with Crippen LogP contribution in [0.3, 0.4) is 0 Å². The van der Waals surface area contributed by atoms with Crippen molar-refractivity contribution in [1.82, 2.24) is 0 Å². The van der Waals surface area contributed by atoms with Crippen LogP contribution in [0.1, 0.15) is 6.92 Å². The van der Waals surface area contributed by atoms with E-state index in [1.54, 1.807) is 18.2 Å². The molecule has 1 N–H and O–H groups in total. The Morgan fingerprint density at radius 2 is 1.48 bits per heavy atom. The minimum absolute atomic E-state index is 0.0565. The van der Waals surface area contributed by atoms with Crippen LogP contribution in [0.15, 0.2) is 36.4 Å². The molecule has 3 nitrogen and oxygen atoms in total. The largest absolute Gasteiger partial charge is 0.506 e. The molecule has 0 radical (unpaired) electrons. The van der Waals surface area contributed by atoms with Gasteiger partial charge in [0, 0.05) is 17.0 Å². The molecular weight excluding hydrogens is 358 g/mol. The summed E-state index contributed by atoms with van der Waals surface area (Å²) in [7, 11) is 0. The monoisotopic (exact) mass is 366 g/mol. The number of benzene rings is 2. The van der Waals surface area contributed by atoms with Crippen molar-refractivity contribution < 1.29 is 14.6 Å². The molecule has 0 aromatic heterocycles. The van der Waals surface area contributed by atoms with E-state index < -0.39 is 5.97 Å². The molecule has 2 rings (SSSR count). The fraction of sp³-hybridized carbons (Fsp3) is 0.0714. The molecule has 7 heteroatoms. The molecule has 0 aliphatic rings. The second-order valence-corrected chi connectivity index (χ2v) is 5.45. The lowest BCUT2D eigenvalue weighted by atomic mass is 10.3. The molecule has 0 saturated heterocycles. The SMILES string of the molecule is CC(=O)Oc1ccc(Cl)cc1Cl.Oc1ccc(Cl)cc1Cl. The van der Waals surface area contributed by atoms with E-state index in [4.69, 9.17) is 56.2 Å². The molecular formula is C14H10Cl4O3. The molecule has 112 valence electrons. The standard InChI is InChI=1S/C8H6Cl2O2.C6H4Cl2O/c1-5(11)12-8-3-2-6(9)4-7(8)10;7-4-1-2-6(9)5(8)3-4/h2-4H,1H3;1-3,9H. The normalized spacial score (nSPS) is 9.57. The highest BCUT2D eigenvalue weighted by Crippen LogP contribution is 2.27. The minimum atomic E-state index is -0.403. The Labute approximate surface area is 142 Å². The van der Waals surface area contributed by atoms with E-state index in [1.165, 1.54) is 25.1 Å². The number of hydrogen-bond acceptors (Lipinski definition) is 3. The summed E-state index contributed by atoms with van der Waals surface area (Å²) in [4.78, 5) is 10.5. The molecule has 2 aromatic rings. The van der Waals surface area contributed by atoms with Crippen LogP contribution in [-0.4, -0.2) is 11.1 Å². The van der Waals surface area contributed by atoms with Crippen LogP contribution < -0.4 is 4.74 Å². The van der Waals surface area contributed by atoms with Crippen LogP contribution in [0.5, 0.6) is 11.5 Å². The van der Waals surface area contributed by atoms with Crippen molar-refractivity contribution in [3.63, 3.8) is 0 Å². The summed E-state index contributed by atoms with van der Waals surface area (Å²) in [6, 6.07) is 9.17. The topological polar surface area (TPSA) is 46.5 Å². The Kier molecular flexibility index (Phi) is 7.12. The first-order chi connectivity index (χ1) is 9.79. The van der Waals surface area contributed by atoms with Crippen molar-refractivity contribution in [2.75, 3.05) is 0 Å². The van der Waals surface area contributed by atoms with Crippen molar-refractivity contribution in [2.45, 2.75) is 6.92 Å². The predicted octanol–water partition coefficient (Wildman–Crippen LogP) is 5.62. The van der Waals surface area contributed by atoms with E-state index in [2.05, 4.69) is 0 Å². The second-order valence-electron chi connectivity index (χ2n) is 3.76. The van der Waals surface area contributed by atoms with E-state index in [0.29, 0.717) is 20.8 Å². The van der Waals surface area contributed by atoms with Gasteiger partial charge in [0.2, 0.25) is 0 Å². The van der Waals surface area contributed by atoms with Gasteiger partial charge in [0.25, 0.3) is 0 Å². The quantitative estimate of drug-likeness (QED) is 0.525. The van der Waals surface area contributed by atoms with Gasteiger partial charge in [-0.15, -0.1) is 0 Å². The van der Waals surface area contributed by atoms with Crippen molar-refractivity contribution in [2.24, 2.45) is 0 Å². The number of aromatic hydroxyl groups is 1. The molecule has 0 aliphatic heterocycles. The van der Waals surface area contributed by atoms with Gasteiger partial charge >= 0.3 is 5.97 Å². The maximum atomic E-state index is 10.5. The Bertz CT molecular complexity index is 644. The lowest BCUT2D eigenvalue weighted by Gasteiger charge is -2.02. The smallest absolute Gasteiger partial charge is 0.308 e. The maximum Gasteiger partial charge on any atom is 0.308 e. The number of carbonyl (C=O) groups excluding carboxylic acids is 1. The van der Waals surface area contributed by atoms with Crippen molar-refractivity contribution in [3.8, 4) is 11.5 Å². The number of carbonyl (C=O) groups is 1. The molecule has 2 aromatic carbocycles. The summed E-state index contributed by atoms with van der Waals surface area (Å²) in [6.07, 6.45) is 0. The van der Waals surface area contributed by atoms with Crippen molar-refractivity contribution in [1.29, 1.82) is 0 Å².